The number of benzene rings is 3. The molecule has 4 heteroatoms. The molecule has 24 heavy (non-hydrogen) atoms. The Kier molecular flexibility index (Phi) is 4.57. The van der Waals surface area contributed by atoms with E-state index < -0.39 is 12.0 Å². The van der Waals surface area contributed by atoms with Gasteiger partial charge in [-0.05, 0) is 28.5 Å². The van der Waals surface area contributed by atoms with Gasteiger partial charge in [0.1, 0.15) is 6.04 Å². The van der Waals surface area contributed by atoms with Crippen LogP contribution in [0.2, 0.25) is 0 Å². The van der Waals surface area contributed by atoms with Gasteiger partial charge in [0.2, 0.25) is 0 Å². The second-order valence-electron chi connectivity index (χ2n) is 5.62. The summed E-state index contributed by atoms with van der Waals surface area (Å²) in [6.07, 6.45) is 0.246. The molecule has 0 aliphatic heterocycles. The highest BCUT2D eigenvalue weighted by Gasteiger charge is 2.21. The molecule has 1 amide bonds. The third kappa shape index (κ3) is 3.60. The number of carboxylic acids is 1. The summed E-state index contributed by atoms with van der Waals surface area (Å²) >= 11 is 0. The van der Waals surface area contributed by atoms with Gasteiger partial charge in [0.15, 0.2) is 0 Å². The number of rotatable bonds is 5. The summed E-state index contributed by atoms with van der Waals surface area (Å²) in [5, 5.41) is 14.0. The Balaban J connectivity index is 1.78. The van der Waals surface area contributed by atoms with Crippen molar-refractivity contribution >= 4 is 22.6 Å². The number of nitrogens with one attached hydrogen (secondary N) is 1. The van der Waals surface area contributed by atoms with Crippen LogP contribution in [-0.4, -0.2) is 23.0 Å². The normalized spacial score (nSPS) is 11.8. The third-order valence-electron chi connectivity index (χ3n) is 3.90. The molecule has 3 aromatic rings. The number of hydrogen-bond donors (Lipinski definition) is 2. The summed E-state index contributed by atoms with van der Waals surface area (Å²) in [4.78, 5) is 23.9. The van der Waals surface area contributed by atoms with Crippen molar-refractivity contribution in [3.05, 3.63) is 83.9 Å². The number of carbonyl (C=O) groups excluding carboxylic acids is 1. The molecule has 3 rings (SSSR count). The zero-order valence-electron chi connectivity index (χ0n) is 13.0. The van der Waals surface area contributed by atoms with E-state index >= 15 is 0 Å². The molecular weight excluding hydrogens is 302 g/mol. The van der Waals surface area contributed by atoms with Crippen LogP contribution in [0, 0.1) is 0 Å². The van der Waals surface area contributed by atoms with Crippen molar-refractivity contribution in [3.8, 4) is 0 Å². The Morgan fingerprint density at radius 3 is 2.25 bits per heavy atom. The lowest BCUT2D eigenvalue weighted by Crippen LogP contribution is -2.42. The van der Waals surface area contributed by atoms with Crippen LogP contribution in [-0.2, 0) is 11.2 Å². The van der Waals surface area contributed by atoms with Gasteiger partial charge in [0, 0.05) is 12.0 Å². The maximum Gasteiger partial charge on any atom is 0.326 e. The number of carbonyl (C=O) groups is 2. The van der Waals surface area contributed by atoms with E-state index in [1.54, 1.807) is 12.1 Å². The molecule has 0 aliphatic carbocycles. The molecule has 3 aromatic carbocycles. The van der Waals surface area contributed by atoms with E-state index in [4.69, 9.17) is 0 Å². The van der Waals surface area contributed by atoms with Crippen molar-refractivity contribution in [2.75, 3.05) is 0 Å². The second kappa shape index (κ2) is 6.96. The maximum atomic E-state index is 12.4. The fourth-order valence-electron chi connectivity index (χ4n) is 2.62. The van der Waals surface area contributed by atoms with Gasteiger partial charge in [-0.2, -0.15) is 0 Å². The molecule has 0 bridgehead atoms. The van der Waals surface area contributed by atoms with Crippen molar-refractivity contribution in [1.29, 1.82) is 0 Å². The van der Waals surface area contributed by atoms with Gasteiger partial charge >= 0.3 is 5.97 Å². The predicted molar refractivity (Wildman–Crippen MR) is 93.0 cm³/mol. The summed E-state index contributed by atoms with van der Waals surface area (Å²) in [5.41, 5.74) is 1.32. The maximum absolute atomic E-state index is 12.4. The highest BCUT2D eigenvalue weighted by Crippen LogP contribution is 2.16. The van der Waals surface area contributed by atoms with Crippen LogP contribution in [0.1, 0.15) is 15.9 Å². The first kappa shape index (κ1) is 15.7. The van der Waals surface area contributed by atoms with Crippen molar-refractivity contribution in [1.82, 2.24) is 5.32 Å². The second-order valence-corrected chi connectivity index (χ2v) is 5.62. The molecule has 0 aromatic heterocycles. The van der Waals surface area contributed by atoms with Crippen molar-refractivity contribution in [2.24, 2.45) is 0 Å². The smallest absolute Gasteiger partial charge is 0.326 e. The van der Waals surface area contributed by atoms with E-state index in [1.165, 1.54) is 0 Å². The zero-order chi connectivity index (χ0) is 16.9. The summed E-state index contributed by atoms with van der Waals surface area (Å²) in [5.74, 6) is -1.43. The van der Waals surface area contributed by atoms with Gasteiger partial charge in [-0.1, -0.05) is 60.7 Å². The summed E-state index contributed by atoms with van der Waals surface area (Å²) in [6.45, 7) is 0. The fraction of sp³-hybridized carbons (Fsp3) is 0.100. The number of aliphatic carboxylic acids is 1. The average molecular weight is 319 g/mol. The number of amides is 1. The average Bonchev–Trinajstić information content (AvgIpc) is 2.61. The topological polar surface area (TPSA) is 66.4 Å². The largest absolute Gasteiger partial charge is 0.480 e. The van der Waals surface area contributed by atoms with E-state index in [-0.39, 0.29) is 12.3 Å². The minimum Gasteiger partial charge on any atom is -0.480 e. The number of hydrogen-bond acceptors (Lipinski definition) is 2. The summed E-state index contributed by atoms with van der Waals surface area (Å²) in [6, 6.07) is 21.3. The Hall–Kier alpha value is -3.14. The Morgan fingerprint density at radius 2 is 1.54 bits per heavy atom. The lowest BCUT2D eigenvalue weighted by atomic mass is 10.0. The van der Waals surface area contributed by atoms with E-state index in [0.29, 0.717) is 5.56 Å². The first-order valence-corrected chi connectivity index (χ1v) is 7.70. The van der Waals surface area contributed by atoms with Crippen molar-refractivity contribution in [2.45, 2.75) is 12.5 Å². The Labute approximate surface area is 139 Å². The van der Waals surface area contributed by atoms with Crippen LogP contribution in [0.25, 0.3) is 10.8 Å². The number of fused-ring (bicyclic) bond motifs is 1. The summed E-state index contributed by atoms with van der Waals surface area (Å²) in [7, 11) is 0. The van der Waals surface area contributed by atoms with Gasteiger partial charge in [-0.25, -0.2) is 4.79 Å². The van der Waals surface area contributed by atoms with Crippen LogP contribution in [0.5, 0.6) is 0 Å². The van der Waals surface area contributed by atoms with Crippen molar-refractivity contribution in [3.63, 3.8) is 0 Å². The fourth-order valence-corrected chi connectivity index (χ4v) is 2.62. The minimum absolute atomic E-state index is 0.246. The van der Waals surface area contributed by atoms with E-state index in [1.807, 2.05) is 60.7 Å². The molecule has 0 aliphatic rings. The first-order valence-electron chi connectivity index (χ1n) is 7.70. The highest BCUT2D eigenvalue weighted by molar-refractivity contribution is 6.00. The standard InChI is InChI=1S/C20H17NO3/c22-19(17-11-10-15-8-4-5-9-16(15)13-17)21-18(20(23)24)12-14-6-2-1-3-7-14/h1-11,13,18H,12H2,(H,21,22)(H,23,24)/t18-/m0/s1. The highest BCUT2D eigenvalue weighted by atomic mass is 16.4. The Bertz CT molecular complexity index is 874. The van der Waals surface area contributed by atoms with E-state index in [0.717, 1.165) is 16.3 Å². The first-order chi connectivity index (χ1) is 11.6. The van der Waals surface area contributed by atoms with Crippen LogP contribution < -0.4 is 5.32 Å². The molecule has 0 heterocycles. The van der Waals surface area contributed by atoms with E-state index in [2.05, 4.69) is 5.32 Å². The molecule has 0 spiro atoms. The van der Waals surface area contributed by atoms with Crippen LogP contribution >= 0.6 is 0 Å². The zero-order valence-corrected chi connectivity index (χ0v) is 13.0. The van der Waals surface area contributed by atoms with Gasteiger partial charge in [0.05, 0.1) is 0 Å². The number of carboxylic acid groups (broad SMARTS) is 1. The quantitative estimate of drug-likeness (QED) is 0.758. The molecule has 4 nitrogen and oxygen atoms in total. The molecule has 2 N–H and O–H groups in total. The van der Waals surface area contributed by atoms with Crippen LogP contribution in [0.3, 0.4) is 0 Å². The van der Waals surface area contributed by atoms with Gasteiger partial charge in [-0.15, -0.1) is 0 Å². The molecule has 0 unspecified atom stereocenters. The molecule has 1 atom stereocenters. The Morgan fingerprint density at radius 1 is 0.875 bits per heavy atom. The van der Waals surface area contributed by atoms with Gasteiger partial charge < -0.3 is 10.4 Å². The van der Waals surface area contributed by atoms with E-state index in [9.17, 15) is 14.7 Å². The van der Waals surface area contributed by atoms with Crippen LogP contribution in [0.15, 0.2) is 72.8 Å². The summed E-state index contributed by atoms with van der Waals surface area (Å²) < 4.78 is 0. The van der Waals surface area contributed by atoms with Crippen molar-refractivity contribution < 1.29 is 14.7 Å². The minimum atomic E-state index is -1.05. The monoisotopic (exact) mass is 319 g/mol. The SMILES string of the molecule is O=C(N[C@@H](Cc1ccccc1)C(=O)O)c1ccc2ccccc2c1. The van der Waals surface area contributed by atoms with Crippen LogP contribution in [0.4, 0.5) is 0 Å². The third-order valence-corrected chi connectivity index (χ3v) is 3.90. The molecule has 0 fully saturated rings. The molecular formula is C20H17NO3. The lowest BCUT2D eigenvalue weighted by molar-refractivity contribution is -0.139. The predicted octanol–water partition coefficient (Wildman–Crippen LogP) is 3.27. The molecule has 120 valence electrons. The molecule has 0 saturated heterocycles. The molecule has 0 radical (unpaired) electrons. The van der Waals surface area contributed by atoms with Gasteiger partial charge in [-0.3, -0.25) is 4.79 Å². The molecule has 0 saturated carbocycles. The lowest BCUT2D eigenvalue weighted by Gasteiger charge is -2.15. The van der Waals surface area contributed by atoms with Gasteiger partial charge in [0.25, 0.3) is 5.91 Å².